The Labute approximate surface area is 95.4 Å². The van der Waals surface area contributed by atoms with E-state index in [1.165, 1.54) is 0 Å². The van der Waals surface area contributed by atoms with Crippen LogP contribution in [0.15, 0.2) is 43.0 Å². The van der Waals surface area contributed by atoms with Crippen LogP contribution in [0.1, 0.15) is 12.5 Å². The predicted octanol–water partition coefficient (Wildman–Crippen LogP) is 2.48. The normalized spacial score (nSPS) is 14.1. The van der Waals surface area contributed by atoms with Gasteiger partial charge in [-0.2, -0.15) is 0 Å². The van der Waals surface area contributed by atoms with Crippen molar-refractivity contribution in [3.05, 3.63) is 48.6 Å². The molecule has 0 saturated carbocycles. The Balaban J connectivity index is 2.57. The minimum absolute atomic E-state index is 0.207. The van der Waals surface area contributed by atoms with Gasteiger partial charge in [-0.1, -0.05) is 43.3 Å². The Morgan fingerprint density at radius 2 is 2.12 bits per heavy atom. The Morgan fingerprint density at radius 3 is 2.62 bits per heavy atom. The summed E-state index contributed by atoms with van der Waals surface area (Å²) in [4.78, 5) is 10.9. The van der Waals surface area contributed by atoms with Crippen LogP contribution >= 0.6 is 0 Å². The van der Waals surface area contributed by atoms with Gasteiger partial charge in [0.15, 0.2) is 6.10 Å². The summed E-state index contributed by atoms with van der Waals surface area (Å²) < 4.78 is 5.37. The fourth-order valence-corrected chi connectivity index (χ4v) is 1.33. The lowest BCUT2D eigenvalue weighted by Crippen LogP contribution is -2.29. The molecule has 0 aromatic heterocycles. The van der Waals surface area contributed by atoms with Crippen molar-refractivity contribution in [2.24, 2.45) is 5.92 Å². The SMILES string of the molecule is C=CC(C)C(OCc1ccccc1)C(=O)O. The van der Waals surface area contributed by atoms with Crippen LogP contribution in [0.5, 0.6) is 0 Å². The molecule has 2 atom stereocenters. The van der Waals surface area contributed by atoms with E-state index in [0.717, 1.165) is 5.56 Å². The predicted molar refractivity (Wildman–Crippen MR) is 62.0 cm³/mol. The summed E-state index contributed by atoms with van der Waals surface area (Å²) in [6.07, 6.45) is 0.752. The number of carboxylic acids is 1. The van der Waals surface area contributed by atoms with Gasteiger partial charge in [-0.05, 0) is 5.56 Å². The van der Waals surface area contributed by atoms with Crippen LogP contribution < -0.4 is 0 Å². The number of hydrogen-bond acceptors (Lipinski definition) is 2. The summed E-state index contributed by atoms with van der Waals surface area (Å²) >= 11 is 0. The molecule has 1 aromatic carbocycles. The van der Waals surface area contributed by atoms with Crippen molar-refractivity contribution in [3.8, 4) is 0 Å². The molecule has 1 N–H and O–H groups in total. The Kier molecular flexibility index (Phi) is 4.73. The first kappa shape index (κ1) is 12.5. The maximum Gasteiger partial charge on any atom is 0.333 e. The van der Waals surface area contributed by atoms with Crippen LogP contribution in [-0.2, 0) is 16.1 Å². The number of benzene rings is 1. The molecule has 0 aliphatic heterocycles. The quantitative estimate of drug-likeness (QED) is 0.749. The van der Waals surface area contributed by atoms with Crippen molar-refractivity contribution in [1.82, 2.24) is 0 Å². The van der Waals surface area contributed by atoms with Gasteiger partial charge >= 0.3 is 5.97 Å². The van der Waals surface area contributed by atoms with Crippen molar-refractivity contribution < 1.29 is 14.6 Å². The van der Waals surface area contributed by atoms with E-state index in [1.54, 1.807) is 13.0 Å². The Morgan fingerprint density at radius 1 is 1.50 bits per heavy atom. The summed E-state index contributed by atoms with van der Waals surface area (Å²) in [7, 11) is 0. The monoisotopic (exact) mass is 220 g/mol. The van der Waals surface area contributed by atoms with E-state index in [1.807, 2.05) is 30.3 Å². The molecular weight excluding hydrogens is 204 g/mol. The summed E-state index contributed by atoms with van der Waals surface area (Å²) in [5.41, 5.74) is 0.963. The van der Waals surface area contributed by atoms with Crippen molar-refractivity contribution in [2.45, 2.75) is 19.6 Å². The summed E-state index contributed by atoms with van der Waals surface area (Å²) in [5, 5.41) is 8.98. The highest BCUT2D eigenvalue weighted by Crippen LogP contribution is 2.12. The standard InChI is InChI=1S/C13H16O3/c1-3-10(2)12(13(14)15)16-9-11-7-5-4-6-8-11/h3-8,10,12H,1,9H2,2H3,(H,14,15). The third-order valence-corrected chi connectivity index (χ3v) is 2.37. The number of carboxylic acid groups (broad SMARTS) is 1. The Bertz CT molecular complexity index is 345. The van der Waals surface area contributed by atoms with Gasteiger partial charge in [-0.15, -0.1) is 6.58 Å². The largest absolute Gasteiger partial charge is 0.479 e. The van der Waals surface area contributed by atoms with Crippen LogP contribution in [0.2, 0.25) is 0 Å². The molecule has 0 bridgehead atoms. The summed E-state index contributed by atoms with van der Waals surface area (Å²) in [6.45, 7) is 5.65. The molecule has 3 nitrogen and oxygen atoms in total. The lowest BCUT2D eigenvalue weighted by Gasteiger charge is -2.17. The zero-order valence-electron chi connectivity index (χ0n) is 9.30. The average Bonchev–Trinajstić information content (AvgIpc) is 2.30. The van der Waals surface area contributed by atoms with Gasteiger partial charge in [0, 0.05) is 5.92 Å². The average molecular weight is 220 g/mol. The fourth-order valence-electron chi connectivity index (χ4n) is 1.33. The molecule has 2 unspecified atom stereocenters. The van der Waals surface area contributed by atoms with E-state index in [0.29, 0.717) is 6.61 Å². The minimum Gasteiger partial charge on any atom is -0.479 e. The molecule has 16 heavy (non-hydrogen) atoms. The number of aliphatic carboxylic acids is 1. The van der Waals surface area contributed by atoms with E-state index in [-0.39, 0.29) is 5.92 Å². The zero-order chi connectivity index (χ0) is 12.0. The molecule has 1 rings (SSSR count). The highest BCUT2D eigenvalue weighted by Gasteiger charge is 2.23. The van der Waals surface area contributed by atoms with Gasteiger partial charge in [0.1, 0.15) is 0 Å². The van der Waals surface area contributed by atoms with Crippen molar-refractivity contribution in [3.63, 3.8) is 0 Å². The second-order valence-electron chi connectivity index (χ2n) is 3.65. The number of carbonyl (C=O) groups is 1. The smallest absolute Gasteiger partial charge is 0.333 e. The lowest BCUT2D eigenvalue weighted by atomic mass is 10.1. The Hall–Kier alpha value is -1.61. The fraction of sp³-hybridized carbons (Fsp3) is 0.308. The minimum atomic E-state index is -0.955. The van der Waals surface area contributed by atoms with Gasteiger partial charge in [0.2, 0.25) is 0 Å². The molecule has 0 aliphatic rings. The summed E-state index contributed by atoms with van der Waals surface area (Å²) in [5.74, 6) is -1.16. The highest BCUT2D eigenvalue weighted by atomic mass is 16.5. The topological polar surface area (TPSA) is 46.5 Å². The van der Waals surface area contributed by atoms with Crippen LogP contribution in [0.25, 0.3) is 0 Å². The maximum absolute atomic E-state index is 10.9. The molecule has 0 aliphatic carbocycles. The third-order valence-electron chi connectivity index (χ3n) is 2.37. The van der Waals surface area contributed by atoms with E-state index in [2.05, 4.69) is 6.58 Å². The molecule has 86 valence electrons. The zero-order valence-corrected chi connectivity index (χ0v) is 9.30. The molecule has 0 amide bonds. The van der Waals surface area contributed by atoms with Crippen molar-refractivity contribution in [1.29, 1.82) is 0 Å². The number of rotatable bonds is 6. The van der Waals surface area contributed by atoms with Gasteiger partial charge in [-0.3, -0.25) is 0 Å². The van der Waals surface area contributed by atoms with E-state index >= 15 is 0 Å². The lowest BCUT2D eigenvalue weighted by molar-refractivity contribution is -0.153. The molecule has 1 aromatic rings. The molecule has 0 saturated heterocycles. The molecular formula is C13H16O3. The van der Waals surface area contributed by atoms with E-state index in [4.69, 9.17) is 9.84 Å². The molecule has 3 heteroatoms. The third kappa shape index (κ3) is 3.51. The van der Waals surface area contributed by atoms with E-state index < -0.39 is 12.1 Å². The van der Waals surface area contributed by atoms with Crippen molar-refractivity contribution in [2.75, 3.05) is 0 Å². The number of hydrogen-bond donors (Lipinski definition) is 1. The second-order valence-corrected chi connectivity index (χ2v) is 3.65. The first-order valence-corrected chi connectivity index (χ1v) is 5.16. The molecule has 0 spiro atoms. The molecule has 0 fully saturated rings. The van der Waals surface area contributed by atoms with Crippen LogP contribution in [0.4, 0.5) is 0 Å². The van der Waals surface area contributed by atoms with Gasteiger partial charge in [0.25, 0.3) is 0 Å². The highest BCUT2D eigenvalue weighted by molar-refractivity contribution is 5.73. The number of ether oxygens (including phenoxy) is 1. The van der Waals surface area contributed by atoms with Crippen LogP contribution in [-0.4, -0.2) is 17.2 Å². The van der Waals surface area contributed by atoms with Crippen LogP contribution in [0.3, 0.4) is 0 Å². The van der Waals surface area contributed by atoms with Gasteiger partial charge in [-0.25, -0.2) is 4.79 Å². The first-order chi connectivity index (χ1) is 7.65. The van der Waals surface area contributed by atoms with Gasteiger partial charge < -0.3 is 9.84 Å². The van der Waals surface area contributed by atoms with Crippen molar-refractivity contribution >= 4 is 5.97 Å². The maximum atomic E-state index is 10.9. The molecule has 0 heterocycles. The second kappa shape index (κ2) is 6.08. The van der Waals surface area contributed by atoms with E-state index in [9.17, 15) is 4.79 Å². The van der Waals surface area contributed by atoms with Gasteiger partial charge in [0.05, 0.1) is 6.61 Å². The molecule has 0 radical (unpaired) electrons. The summed E-state index contributed by atoms with van der Waals surface area (Å²) in [6, 6.07) is 9.50. The first-order valence-electron chi connectivity index (χ1n) is 5.16. The van der Waals surface area contributed by atoms with Crippen LogP contribution in [0, 0.1) is 5.92 Å².